The van der Waals surface area contributed by atoms with Gasteiger partial charge in [0.1, 0.15) is 11.1 Å². The fraction of sp³-hybridized carbons (Fsp3) is 0.476. The largest absolute Gasteiger partial charge is 0.372 e. The van der Waals surface area contributed by atoms with Gasteiger partial charge in [-0.3, -0.25) is 0 Å². The van der Waals surface area contributed by atoms with Crippen LogP contribution in [0.2, 0.25) is 0 Å². The van der Waals surface area contributed by atoms with Crippen molar-refractivity contribution in [2.75, 3.05) is 25.1 Å². The minimum Gasteiger partial charge on any atom is -0.372 e. The fourth-order valence-electron chi connectivity index (χ4n) is 3.03. The predicted octanol–water partition coefficient (Wildman–Crippen LogP) is 5.22. The molecule has 26 heavy (non-hydrogen) atoms. The number of hydrogen-bond acceptors (Lipinski definition) is 5. The number of nitrogens with one attached hydrogen (secondary N) is 1. The van der Waals surface area contributed by atoms with Crippen LogP contribution in [-0.2, 0) is 22.3 Å². The molecule has 142 valence electrons. The molecule has 1 aromatic rings. The molecule has 0 unspecified atom stereocenters. The van der Waals surface area contributed by atoms with E-state index in [0.717, 1.165) is 35.4 Å². The van der Waals surface area contributed by atoms with Gasteiger partial charge in [0, 0.05) is 24.3 Å². The van der Waals surface area contributed by atoms with Gasteiger partial charge in [0.15, 0.2) is 5.79 Å². The second-order valence-electron chi connectivity index (χ2n) is 5.53. The standard InChI is InChI=1S/C17H20N2O2S.C2H6.C2H4/c1-3-12(4-2)11-19-16-14(10-18)13-5-6-17(9-15(13)22-16)20-7-8-21-17;2*1-2/h3-4,19H,1,5-9,11H2,2H3;1-2H3;1-2H2/b12-4+;;. The molecule has 0 bridgehead atoms. The lowest BCUT2D eigenvalue weighted by Crippen LogP contribution is -2.36. The first-order valence-electron chi connectivity index (χ1n) is 9.05. The zero-order valence-corrected chi connectivity index (χ0v) is 17.0. The van der Waals surface area contributed by atoms with Crippen molar-refractivity contribution in [3.8, 4) is 6.07 Å². The Kier molecular flexibility index (Phi) is 9.36. The molecule has 0 atom stereocenters. The Balaban J connectivity index is 0.000000791. The summed E-state index contributed by atoms with van der Waals surface area (Å²) in [4.78, 5) is 1.22. The third kappa shape index (κ3) is 4.85. The van der Waals surface area contributed by atoms with Gasteiger partial charge >= 0.3 is 0 Å². The molecule has 2 aliphatic rings. The average Bonchev–Trinajstić information content (AvgIpc) is 3.29. The molecule has 3 rings (SSSR count). The first-order chi connectivity index (χ1) is 12.7. The topological polar surface area (TPSA) is 54.3 Å². The summed E-state index contributed by atoms with van der Waals surface area (Å²) >= 11 is 1.66. The van der Waals surface area contributed by atoms with E-state index in [9.17, 15) is 5.26 Å². The van der Waals surface area contributed by atoms with Crippen molar-refractivity contribution in [1.29, 1.82) is 5.26 Å². The van der Waals surface area contributed by atoms with E-state index in [1.54, 1.807) is 11.3 Å². The average molecular weight is 375 g/mol. The first kappa shape index (κ1) is 22.2. The zero-order chi connectivity index (χ0) is 19.6. The van der Waals surface area contributed by atoms with E-state index in [-0.39, 0.29) is 0 Å². The maximum Gasteiger partial charge on any atom is 0.173 e. The van der Waals surface area contributed by atoms with Crippen LogP contribution in [0.1, 0.15) is 43.2 Å². The predicted molar refractivity (Wildman–Crippen MR) is 111 cm³/mol. The van der Waals surface area contributed by atoms with E-state index in [2.05, 4.69) is 31.1 Å². The van der Waals surface area contributed by atoms with Gasteiger partial charge in [-0.05, 0) is 24.5 Å². The number of thiophene rings is 1. The number of hydrogen-bond donors (Lipinski definition) is 1. The number of nitriles is 1. The lowest BCUT2D eigenvalue weighted by atomic mass is 9.91. The molecule has 0 saturated carbocycles. The van der Waals surface area contributed by atoms with E-state index in [1.165, 1.54) is 10.4 Å². The zero-order valence-electron chi connectivity index (χ0n) is 16.2. The highest BCUT2D eigenvalue weighted by atomic mass is 32.1. The van der Waals surface area contributed by atoms with Gasteiger partial charge in [-0.15, -0.1) is 24.5 Å². The number of rotatable bonds is 4. The van der Waals surface area contributed by atoms with Gasteiger partial charge in [-0.25, -0.2) is 0 Å². The van der Waals surface area contributed by atoms with Crippen LogP contribution in [0, 0.1) is 11.3 Å². The van der Waals surface area contributed by atoms with Gasteiger partial charge in [0.05, 0.1) is 18.8 Å². The maximum absolute atomic E-state index is 9.52. The van der Waals surface area contributed by atoms with Gasteiger partial charge in [0.25, 0.3) is 0 Å². The highest BCUT2D eigenvalue weighted by molar-refractivity contribution is 7.16. The minimum absolute atomic E-state index is 0.447. The molecule has 1 spiro atoms. The summed E-state index contributed by atoms with van der Waals surface area (Å²) in [6.45, 7) is 17.8. The van der Waals surface area contributed by atoms with Crippen LogP contribution in [-0.4, -0.2) is 25.5 Å². The number of anilines is 1. The van der Waals surface area contributed by atoms with Crippen molar-refractivity contribution in [2.45, 2.75) is 45.8 Å². The molecule has 2 heterocycles. The van der Waals surface area contributed by atoms with Crippen molar-refractivity contribution >= 4 is 16.3 Å². The summed E-state index contributed by atoms with van der Waals surface area (Å²) in [5.74, 6) is -0.447. The van der Waals surface area contributed by atoms with Crippen LogP contribution in [0.5, 0.6) is 0 Å². The minimum atomic E-state index is -0.447. The molecule has 1 fully saturated rings. The summed E-state index contributed by atoms with van der Waals surface area (Å²) in [6, 6.07) is 2.36. The lowest BCUT2D eigenvalue weighted by molar-refractivity contribution is -0.163. The van der Waals surface area contributed by atoms with Gasteiger partial charge < -0.3 is 14.8 Å². The summed E-state index contributed by atoms with van der Waals surface area (Å²) in [7, 11) is 0. The van der Waals surface area contributed by atoms with Crippen molar-refractivity contribution < 1.29 is 9.47 Å². The van der Waals surface area contributed by atoms with E-state index in [4.69, 9.17) is 9.47 Å². The van der Waals surface area contributed by atoms with Crippen molar-refractivity contribution in [3.63, 3.8) is 0 Å². The van der Waals surface area contributed by atoms with Crippen LogP contribution in [0.3, 0.4) is 0 Å². The third-order valence-electron chi connectivity index (χ3n) is 4.29. The quantitative estimate of drug-likeness (QED) is 0.579. The van der Waals surface area contributed by atoms with Crippen LogP contribution in [0.4, 0.5) is 5.00 Å². The fourth-order valence-corrected chi connectivity index (χ4v) is 4.31. The Hall–Kier alpha value is -1.87. The van der Waals surface area contributed by atoms with Crippen molar-refractivity contribution in [1.82, 2.24) is 0 Å². The third-order valence-corrected chi connectivity index (χ3v) is 5.48. The van der Waals surface area contributed by atoms with Crippen molar-refractivity contribution in [3.05, 3.63) is 53.5 Å². The van der Waals surface area contributed by atoms with E-state index < -0.39 is 5.79 Å². The van der Waals surface area contributed by atoms with Crippen LogP contribution < -0.4 is 5.32 Å². The van der Waals surface area contributed by atoms with Crippen LogP contribution >= 0.6 is 11.3 Å². The molecule has 0 amide bonds. The smallest absolute Gasteiger partial charge is 0.173 e. The van der Waals surface area contributed by atoms with Gasteiger partial charge in [0.2, 0.25) is 0 Å². The highest BCUT2D eigenvalue weighted by Crippen LogP contribution is 2.43. The normalized spacial score (nSPS) is 17.1. The highest BCUT2D eigenvalue weighted by Gasteiger charge is 2.41. The molecule has 1 aliphatic heterocycles. The van der Waals surface area contributed by atoms with Crippen LogP contribution in [0.15, 0.2) is 37.5 Å². The Morgan fingerprint density at radius 3 is 2.54 bits per heavy atom. The van der Waals surface area contributed by atoms with E-state index in [1.807, 2.05) is 32.9 Å². The van der Waals surface area contributed by atoms with Crippen LogP contribution in [0.25, 0.3) is 0 Å². The number of fused-ring (bicyclic) bond motifs is 1. The molecule has 0 aromatic carbocycles. The molecule has 4 nitrogen and oxygen atoms in total. The Bertz CT molecular complexity index is 664. The van der Waals surface area contributed by atoms with E-state index >= 15 is 0 Å². The Morgan fingerprint density at radius 2 is 2.00 bits per heavy atom. The maximum atomic E-state index is 9.52. The molecular weight excluding hydrogens is 344 g/mol. The molecular formula is C21H30N2O2S. The number of nitrogens with zero attached hydrogens (tertiary/aromatic N) is 1. The summed E-state index contributed by atoms with van der Waals surface area (Å²) in [5.41, 5.74) is 3.07. The second-order valence-corrected chi connectivity index (χ2v) is 6.63. The lowest BCUT2D eigenvalue weighted by Gasteiger charge is -2.31. The van der Waals surface area contributed by atoms with Gasteiger partial charge in [-0.2, -0.15) is 5.26 Å². The summed E-state index contributed by atoms with van der Waals surface area (Å²) in [5, 5.41) is 13.8. The number of allylic oxidation sites excluding steroid dienone is 1. The molecule has 1 saturated heterocycles. The Labute approximate surface area is 161 Å². The first-order valence-corrected chi connectivity index (χ1v) is 9.87. The molecule has 1 N–H and O–H groups in total. The molecule has 5 heteroatoms. The monoisotopic (exact) mass is 374 g/mol. The second kappa shape index (κ2) is 11.0. The van der Waals surface area contributed by atoms with Crippen molar-refractivity contribution in [2.24, 2.45) is 0 Å². The molecule has 1 aromatic heterocycles. The number of ether oxygens (including phenoxy) is 2. The SMILES string of the molecule is C=C.C=C/C(=C\C)CNc1sc2c(c1C#N)CCC1(C2)OCCO1.CC. The molecule has 0 radical (unpaired) electrons. The summed E-state index contributed by atoms with van der Waals surface area (Å²) in [6.07, 6.45) is 6.28. The van der Waals surface area contributed by atoms with E-state index in [0.29, 0.717) is 19.8 Å². The summed E-state index contributed by atoms with van der Waals surface area (Å²) < 4.78 is 11.6. The Morgan fingerprint density at radius 1 is 1.35 bits per heavy atom. The van der Waals surface area contributed by atoms with Gasteiger partial charge in [-0.1, -0.05) is 32.6 Å². The molecule has 1 aliphatic carbocycles.